The standard InChI is InChI=1S/C13H16O4/c1-3-17-13(15)11-9-10(5-4-8-14)6-7-12(11)16-2/h6-9H,3-5H2,1-2H3. The third-order valence-electron chi connectivity index (χ3n) is 2.31. The Morgan fingerprint density at radius 2 is 2.18 bits per heavy atom. The van der Waals surface area contributed by atoms with E-state index in [1.165, 1.54) is 7.11 Å². The summed E-state index contributed by atoms with van der Waals surface area (Å²) < 4.78 is 10.0. The minimum Gasteiger partial charge on any atom is -0.496 e. The highest BCUT2D eigenvalue weighted by atomic mass is 16.5. The van der Waals surface area contributed by atoms with Gasteiger partial charge in [-0.1, -0.05) is 6.07 Å². The van der Waals surface area contributed by atoms with E-state index >= 15 is 0 Å². The van der Waals surface area contributed by atoms with Crippen LogP contribution in [0.25, 0.3) is 0 Å². The predicted molar refractivity (Wildman–Crippen MR) is 63.3 cm³/mol. The zero-order chi connectivity index (χ0) is 12.7. The fraction of sp³-hybridized carbons (Fsp3) is 0.385. The van der Waals surface area contributed by atoms with E-state index in [0.29, 0.717) is 30.8 Å². The van der Waals surface area contributed by atoms with Gasteiger partial charge in [0.1, 0.15) is 17.6 Å². The lowest BCUT2D eigenvalue weighted by Gasteiger charge is -2.09. The number of esters is 1. The van der Waals surface area contributed by atoms with E-state index < -0.39 is 5.97 Å². The summed E-state index contributed by atoms with van der Waals surface area (Å²) in [6.07, 6.45) is 1.91. The monoisotopic (exact) mass is 236 g/mol. The van der Waals surface area contributed by atoms with Crippen LogP contribution < -0.4 is 4.74 Å². The summed E-state index contributed by atoms with van der Waals surface area (Å²) in [7, 11) is 1.50. The summed E-state index contributed by atoms with van der Waals surface area (Å²) >= 11 is 0. The van der Waals surface area contributed by atoms with E-state index in [9.17, 15) is 9.59 Å². The molecule has 0 unspecified atom stereocenters. The molecule has 1 aromatic rings. The van der Waals surface area contributed by atoms with Crippen molar-refractivity contribution in [3.63, 3.8) is 0 Å². The van der Waals surface area contributed by atoms with Crippen LogP contribution >= 0.6 is 0 Å². The SMILES string of the molecule is CCOC(=O)c1cc(CCC=O)ccc1OC. The minimum absolute atomic E-state index is 0.320. The Hall–Kier alpha value is -1.84. The Morgan fingerprint density at radius 1 is 1.41 bits per heavy atom. The normalized spacial score (nSPS) is 9.76. The predicted octanol–water partition coefficient (Wildman–Crippen LogP) is 2.00. The van der Waals surface area contributed by atoms with Gasteiger partial charge in [-0.3, -0.25) is 0 Å². The van der Waals surface area contributed by atoms with Crippen molar-refractivity contribution < 1.29 is 19.1 Å². The number of hydrogen-bond donors (Lipinski definition) is 0. The Bertz CT molecular complexity index is 398. The number of rotatable bonds is 6. The largest absolute Gasteiger partial charge is 0.496 e. The number of ether oxygens (including phenoxy) is 2. The van der Waals surface area contributed by atoms with Crippen LogP contribution in [0.4, 0.5) is 0 Å². The molecular formula is C13H16O4. The maximum Gasteiger partial charge on any atom is 0.341 e. The quantitative estimate of drug-likeness (QED) is 0.560. The van der Waals surface area contributed by atoms with Crippen LogP contribution in [0, 0.1) is 0 Å². The number of carbonyl (C=O) groups is 2. The van der Waals surface area contributed by atoms with E-state index in [1.54, 1.807) is 19.1 Å². The second-order valence-electron chi connectivity index (χ2n) is 3.46. The minimum atomic E-state index is -0.405. The van der Waals surface area contributed by atoms with E-state index in [4.69, 9.17) is 9.47 Å². The molecule has 0 fully saturated rings. The fourth-order valence-corrected chi connectivity index (χ4v) is 1.50. The van der Waals surface area contributed by atoms with Gasteiger partial charge in [0.2, 0.25) is 0 Å². The van der Waals surface area contributed by atoms with Crippen molar-refractivity contribution in [1.82, 2.24) is 0 Å². The topological polar surface area (TPSA) is 52.6 Å². The van der Waals surface area contributed by atoms with Crippen LogP contribution in [0.5, 0.6) is 5.75 Å². The molecule has 0 aliphatic heterocycles. The van der Waals surface area contributed by atoms with Gasteiger partial charge < -0.3 is 14.3 Å². The number of benzene rings is 1. The average Bonchev–Trinajstić information content (AvgIpc) is 2.36. The molecule has 0 saturated carbocycles. The molecule has 0 aliphatic rings. The lowest BCUT2D eigenvalue weighted by atomic mass is 10.1. The van der Waals surface area contributed by atoms with Gasteiger partial charge in [0.15, 0.2) is 0 Å². The molecule has 0 bridgehead atoms. The summed E-state index contributed by atoms with van der Waals surface area (Å²) in [6, 6.07) is 5.26. The van der Waals surface area contributed by atoms with Crippen LogP contribution in [0.15, 0.2) is 18.2 Å². The molecule has 0 saturated heterocycles. The lowest BCUT2D eigenvalue weighted by molar-refractivity contribution is -0.107. The molecule has 1 aromatic carbocycles. The van der Waals surface area contributed by atoms with Gasteiger partial charge in [0.05, 0.1) is 13.7 Å². The van der Waals surface area contributed by atoms with Crippen molar-refractivity contribution >= 4 is 12.3 Å². The second kappa shape index (κ2) is 6.68. The van der Waals surface area contributed by atoms with Crippen LogP contribution in [-0.2, 0) is 16.0 Å². The van der Waals surface area contributed by atoms with E-state index in [0.717, 1.165) is 11.8 Å². The molecule has 0 atom stereocenters. The number of aldehydes is 1. The van der Waals surface area contributed by atoms with E-state index in [-0.39, 0.29) is 0 Å². The molecule has 92 valence electrons. The molecule has 0 aromatic heterocycles. The van der Waals surface area contributed by atoms with Crippen molar-refractivity contribution in [3.05, 3.63) is 29.3 Å². The second-order valence-corrected chi connectivity index (χ2v) is 3.46. The first-order valence-corrected chi connectivity index (χ1v) is 5.50. The number of carbonyl (C=O) groups excluding carboxylic acids is 2. The van der Waals surface area contributed by atoms with E-state index in [2.05, 4.69) is 0 Å². The molecule has 17 heavy (non-hydrogen) atoms. The fourth-order valence-electron chi connectivity index (χ4n) is 1.50. The highest BCUT2D eigenvalue weighted by Crippen LogP contribution is 2.21. The summed E-state index contributed by atoms with van der Waals surface area (Å²) in [5.74, 6) is 0.0793. The first-order chi connectivity index (χ1) is 8.22. The number of methoxy groups -OCH3 is 1. The van der Waals surface area contributed by atoms with Gasteiger partial charge in [-0.15, -0.1) is 0 Å². The van der Waals surface area contributed by atoms with Gasteiger partial charge in [0.25, 0.3) is 0 Å². The summed E-state index contributed by atoms with van der Waals surface area (Å²) in [5.41, 5.74) is 1.32. The molecule has 4 nitrogen and oxygen atoms in total. The van der Waals surface area contributed by atoms with Crippen LogP contribution in [0.3, 0.4) is 0 Å². The molecule has 0 amide bonds. The zero-order valence-electron chi connectivity index (χ0n) is 10.1. The van der Waals surface area contributed by atoms with Gasteiger partial charge in [0, 0.05) is 6.42 Å². The van der Waals surface area contributed by atoms with Gasteiger partial charge in [-0.05, 0) is 31.0 Å². The summed E-state index contributed by atoms with van der Waals surface area (Å²) in [5, 5.41) is 0. The number of hydrogen-bond acceptors (Lipinski definition) is 4. The first kappa shape index (κ1) is 13.2. The van der Waals surface area contributed by atoms with Crippen molar-refractivity contribution in [1.29, 1.82) is 0 Å². The summed E-state index contributed by atoms with van der Waals surface area (Å²) in [6.45, 7) is 2.07. The maximum atomic E-state index is 11.7. The number of aryl methyl sites for hydroxylation is 1. The smallest absolute Gasteiger partial charge is 0.341 e. The molecule has 0 N–H and O–H groups in total. The first-order valence-electron chi connectivity index (χ1n) is 5.50. The average molecular weight is 236 g/mol. The Labute approximate surface area is 101 Å². The van der Waals surface area contributed by atoms with Gasteiger partial charge >= 0.3 is 5.97 Å². The molecule has 0 aliphatic carbocycles. The van der Waals surface area contributed by atoms with Crippen molar-refractivity contribution in [2.24, 2.45) is 0 Å². The Morgan fingerprint density at radius 3 is 2.76 bits per heavy atom. The third kappa shape index (κ3) is 3.59. The molecule has 0 spiro atoms. The van der Waals surface area contributed by atoms with Gasteiger partial charge in [-0.25, -0.2) is 4.79 Å². The molecule has 4 heteroatoms. The molecule has 0 heterocycles. The molecule has 1 rings (SSSR count). The van der Waals surface area contributed by atoms with Crippen molar-refractivity contribution in [2.75, 3.05) is 13.7 Å². The van der Waals surface area contributed by atoms with Crippen LogP contribution in [0.2, 0.25) is 0 Å². The zero-order valence-corrected chi connectivity index (χ0v) is 10.1. The van der Waals surface area contributed by atoms with Crippen molar-refractivity contribution in [3.8, 4) is 5.75 Å². The van der Waals surface area contributed by atoms with Gasteiger partial charge in [-0.2, -0.15) is 0 Å². The highest BCUT2D eigenvalue weighted by molar-refractivity contribution is 5.92. The van der Waals surface area contributed by atoms with Crippen LogP contribution in [-0.4, -0.2) is 26.0 Å². The molecule has 0 radical (unpaired) electrons. The Kier molecular flexibility index (Phi) is 5.20. The lowest BCUT2D eigenvalue weighted by Crippen LogP contribution is -2.07. The highest BCUT2D eigenvalue weighted by Gasteiger charge is 2.13. The van der Waals surface area contributed by atoms with Crippen molar-refractivity contribution in [2.45, 2.75) is 19.8 Å². The van der Waals surface area contributed by atoms with E-state index in [1.807, 2.05) is 6.07 Å². The molecular weight excluding hydrogens is 220 g/mol. The third-order valence-corrected chi connectivity index (χ3v) is 2.31. The summed E-state index contributed by atoms with van der Waals surface area (Å²) in [4.78, 5) is 22.0. The maximum absolute atomic E-state index is 11.7. The Balaban J connectivity index is 2.97. The van der Waals surface area contributed by atoms with Crippen LogP contribution in [0.1, 0.15) is 29.3 Å².